The summed E-state index contributed by atoms with van der Waals surface area (Å²) in [4.78, 5) is 0. The smallest absolute Gasteiger partial charge is 0.216 e. The topological polar surface area (TPSA) is 9.23 Å². The van der Waals surface area contributed by atoms with Gasteiger partial charge in [-0.3, -0.25) is 0 Å². The summed E-state index contributed by atoms with van der Waals surface area (Å²) < 4.78 is 6.10. The molecule has 0 aromatic heterocycles. The van der Waals surface area contributed by atoms with Crippen molar-refractivity contribution in [1.29, 1.82) is 0 Å². The number of benzene rings is 1. The zero-order valence-electron chi connectivity index (χ0n) is 12.3. The molecule has 1 aromatic carbocycles. The van der Waals surface area contributed by atoms with E-state index in [1.54, 1.807) is 0 Å². The lowest BCUT2D eigenvalue weighted by Crippen LogP contribution is -2.26. The molecule has 1 nitrogen and oxygen atoms in total. The van der Waals surface area contributed by atoms with E-state index in [0.717, 1.165) is 6.61 Å². The third kappa shape index (κ3) is 5.83. The van der Waals surface area contributed by atoms with Gasteiger partial charge in [-0.25, -0.2) is 0 Å². The largest absolute Gasteiger partial charge is 0.416 e. The Labute approximate surface area is 114 Å². The molecule has 2 heteroatoms. The standard InChI is InChI=1S/C16H27OSi/c1-14(2)18(15(3)4)17-13-9-8-12-16-10-6-5-7-11-16/h5-7,10-11,14-15H,8-9,12-13H2,1-4H3. The second kappa shape index (κ2) is 8.49. The molecule has 1 aromatic rings. The van der Waals surface area contributed by atoms with Crippen LogP contribution in [0.1, 0.15) is 46.1 Å². The lowest BCUT2D eigenvalue weighted by molar-refractivity contribution is 0.297. The minimum absolute atomic E-state index is 0.623. The normalized spacial score (nSPS) is 11.7. The van der Waals surface area contributed by atoms with Crippen molar-refractivity contribution in [2.24, 2.45) is 0 Å². The van der Waals surface area contributed by atoms with Crippen LogP contribution in [0, 0.1) is 0 Å². The molecule has 0 bridgehead atoms. The Morgan fingerprint density at radius 3 is 2.11 bits per heavy atom. The first-order valence-corrected chi connectivity index (χ1v) is 8.71. The van der Waals surface area contributed by atoms with E-state index in [9.17, 15) is 0 Å². The van der Waals surface area contributed by atoms with E-state index < -0.39 is 9.04 Å². The van der Waals surface area contributed by atoms with Gasteiger partial charge in [-0.05, 0) is 35.9 Å². The van der Waals surface area contributed by atoms with Crippen molar-refractivity contribution >= 4 is 9.04 Å². The predicted molar refractivity (Wildman–Crippen MR) is 81.3 cm³/mol. The van der Waals surface area contributed by atoms with Crippen LogP contribution in [0.2, 0.25) is 11.1 Å². The van der Waals surface area contributed by atoms with Crippen LogP contribution < -0.4 is 0 Å². The first-order valence-electron chi connectivity index (χ1n) is 7.14. The van der Waals surface area contributed by atoms with Crippen molar-refractivity contribution in [3.05, 3.63) is 35.9 Å². The minimum atomic E-state index is -0.623. The summed E-state index contributed by atoms with van der Waals surface area (Å²) >= 11 is 0. The SMILES string of the molecule is CC(C)[Si](OCCCCc1ccccc1)C(C)C. The fourth-order valence-electron chi connectivity index (χ4n) is 2.27. The van der Waals surface area contributed by atoms with Gasteiger partial charge in [0.25, 0.3) is 0 Å². The molecule has 1 radical (unpaired) electrons. The summed E-state index contributed by atoms with van der Waals surface area (Å²) in [6, 6.07) is 10.7. The Hall–Kier alpha value is -0.603. The summed E-state index contributed by atoms with van der Waals surface area (Å²) in [6.07, 6.45) is 3.59. The molecule has 0 saturated carbocycles. The van der Waals surface area contributed by atoms with Crippen molar-refractivity contribution in [3.63, 3.8) is 0 Å². The molecule has 18 heavy (non-hydrogen) atoms. The van der Waals surface area contributed by atoms with Crippen molar-refractivity contribution in [3.8, 4) is 0 Å². The first kappa shape index (κ1) is 15.5. The fourth-order valence-corrected chi connectivity index (χ4v) is 4.65. The number of unbranched alkanes of at least 4 members (excludes halogenated alkanes) is 1. The van der Waals surface area contributed by atoms with Gasteiger partial charge in [0.1, 0.15) is 0 Å². The fraction of sp³-hybridized carbons (Fsp3) is 0.625. The van der Waals surface area contributed by atoms with Gasteiger partial charge in [-0.1, -0.05) is 58.0 Å². The molecule has 0 heterocycles. The van der Waals surface area contributed by atoms with Gasteiger partial charge >= 0.3 is 0 Å². The summed E-state index contributed by atoms with van der Waals surface area (Å²) in [7, 11) is -0.623. The first-order chi connectivity index (χ1) is 8.61. The molecular formula is C16H27OSi. The lowest BCUT2D eigenvalue weighted by Gasteiger charge is -2.22. The van der Waals surface area contributed by atoms with Gasteiger partial charge < -0.3 is 4.43 Å². The molecule has 0 N–H and O–H groups in total. The van der Waals surface area contributed by atoms with Crippen LogP contribution in [0.4, 0.5) is 0 Å². The zero-order valence-corrected chi connectivity index (χ0v) is 13.3. The predicted octanol–water partition coefficient (Wildman–Crippen LogP) is 4.84. The number of aryl methyl sites for hydroxylation is 1. The van der Waals surface area contributed by atoms with E-state index in [1.165, 1.54) is 24.8 Å². The molecule has 0 unspecified atom stereocenters. The van der Waals surface area contributed by atoms with Gasteiger partial charge in [0, 0.05) is 6.61 Å². The quantitative estimate of drug-likeness (QED) is 0.482. The third-order valence-corrected chi connectivity index (χ3v) is 5.92. The van der Waals surface area contributed by atoms with Gasteiger partial charge in [0.2, 0.25) is 9.04 Å². The second-order valence-corrected chi connectivity index (χ2v) is 8.91. The Morgan fingerprint density at radius 1 is 0.944 bits per heavy atom. The summed E-state index contributed by atoms with van der Waals surface area (Å²) in [5, 5.41) is 0. The van der Waals surface area contributed by atoms with Crippen LogP contribution in [0.5, 0.6) is 0 Å². The Morgan fingerprint density at radius 2 is 1.56 bits per heavy atom. The van der Waals surface area contributed by atoms with Crippen LogP contribution in [0.15, 0.2) is 30.3 Å². The van der Waals surface area contributed by atoms with Crippen LogP contribution in [-0.2, 0) is 10.8 Å². The lowest BCUT2D eigenvalue weighted by atomic mass is 10.1. The van der Waals surface area contributed by atoms with E-state index in [-0.39, 0.29) is 0 Å². The van der Waals surface area contributed by atoms with Gasteiger partial charge in [0.15, 0.2) is 0 Å². The molecule has 0 saturated heterocycles. The highest BCUT2D eigenvalue weighted by Crippen LogP contribution is 2.21. The second-order valence-electron chi connectivity index (χ2n) is 5.50. The average molecular weight is 263 g/mol. The molecular weight excluding hydrogens is 236 g/mol. The summed E-state index contributed by atoms with van der Waals surface area (Å²) in [6.45, 7) is 10.1. The van der Waals surface area contributed by atoms with Gasteiger partial charge in [0.05, 0.1) is 0 Å². The van der Waals surface area contributed by atoms with Crippen LogP contribution >= 0.6 is 0 Å². The summed E-state index contributed by atoms with van der Waals surface area (Å²) in [5.41, 5.74) is 2.86. The van der Waals surface area contributed by atoms with Gasteiger partial charge in [-0.15, -0.1) is 0 Å². The van der Waals surface area contributed by atoms with Crippen LogP contribution in [-0.4, -0.2) is 15.6 Å². The van der Waals surface area contributed by atoms with Crippen LogP contribution in [0.3, 0.4) is 0 Å². The zero-order chi connectivity index (χ0) is 13.4. The number of hydrogen-bond acceptors (Lipinski definition) is 1. The molecule has 1 rings (SSSR count). The minimum Gasteiger partial charge on any atom is -0.416 e. The van der Waals surface area contributed by atoms with Crippen molar-refractivity contribution < 1.29 is 4.43 Å². The number of hydrogen-bond donors (Lipinski definition) is 0. The highest BCUT2D eigenvalue weighted by atomic mass is 28.3. The number of rotatable bonds is 8. The molecule has 0 spiro atoms. The third-order valence-electron chi connectivity index (χ3n) is 3.11. The molecule has 101 valence electrons. The monoisotopic (exact) mass is 263 g/mol. The Bertz CT molecular complexity index is 300. The van der Waals surface area contributed by atoms with E-state index in [0.29, 0.717) is 11.1 Å². The van der Waals surface area contributed by atoms with Crippen molar-refractivity contribution in [2.75, 3.05) is 6.61 Å². The van der Waals surface area contributed by atoms with Crippen LogP contribution in [0.25, 0.3) is 0 Å². The van der Waals surface area contributed by atoms with E-state index >= 15 is 0 Å². The van der Waals surface area contributed by atoms with E-state index in [1.807, 2.05) is 0 Å². The Balaban J connectivity index is 2.15. The molecule has 0 aliphatic heterocycles. The van der Waals surface area contributed by atoms with Crippen molar-refractivity contribution in [2.45, 2.75) is 58.0 Å². The maximum atomic E-state index is 6.10. The maximum Gasteiger partial charge on any atom is 0.216 e. The molecule has 0 fully saturated rings. The maximum absolute atomic E-state index is 6.10. The van der Waals surface area contributed by atoms with E-state index in [4.69, 9.17) is 4.43 Å². The highest BCUT2D eigenvalue weighted by Gasteiger charge is 2.21. The highest BCUT2D eigenvalue weighted by molar-refractivity contribution is 6.54. The van der Waals surface area contributed by atoms with Gasteiger partial charge in [-0.2, -0.15) is 0 Å². The molecule has 0 aliphatic rings. The molecule has 0 atom stereocenters. The molecule has 0 amide bonds. The molecule has 0 aliphatic carbocycles. The Kier molecular flexibility index (Phi) is 7.29. The van der Waals surface area contributed by atoms with E-state index in [2.05, 4.69) is 58.0 Å². The van der Waals surface area contributed by atoms with Crippen molar-refractivity contribution in [1.82, 2.24) is 0 Å². The average Bonchev–Trinajstić information content (AvgIpc) is 2.34. The summed E-state index contributed by atoms with van der Waals surface area (Å²) in [5.74, 6) is 0.